The van der Waals surface area contributed by atoms with E-state index in [9.17, 15) is 20.1 Å². The Kier molecular flexibility index (Phi) is 42.1. The zero-order valence-electron chi connectivity index (χ0n) is 35.4. The fourth-order valence-corrected chi connectivity index (χ4v) is 7.04. The summed E-state index contributed by atoms with van der Waals surface area (Å²) in [5.74, 6) is -0.515. The molecule has 3 atom stereocenters. The van der Waals surface area contributed by atoms with Crippen molar-refractivity contribution in [1.29, 1.82) is 0 Å². The van der Waals surface area contributed by atoms with Crippen molar-refractivity contribution in [1.82, 2.24) is 5.32 Å². The van der Waals surface area contributed by atoms with Gasteiger partial charge in [-0.2, -0.15) is 0 Å². The Morgan fingerprint density at radius 1 is 0.453 bits per heavy atom. The van der Waals surface area contributed by atoms with Crippen LogP contribution in [-0.2, 0) is 4.79 Å². The van der Waals surface area contributed by atoms with Crippen LogP contribution in [0.25, 0.3) is 0 Å². The lowest BCUT2D eigenvalue weighted by Crippen LogP contribution is -2.48. The number of nitrogens with one attached hydrogen (secondary N) is 1. The third-order valence-corrected chi connectivity index (χ3v) is 10.7. The second-order valence-electron chi connectivity index (χ2n) is 16.0. The average Bonchev–Trinajstić information content (AvgIpc) is 3.16. The smallest absolute Gasteiger partial charge is 0.249 e. The first-order valence-corrected chi connectivity index (χ1v) is 23.3. The van der Waals surface area contributed by atoms with Gasteiger partial charge in [-0.15, -0.1) is 0 Å². The molecule has 5 heteroatoms. The van der Waals surface area contributed by atoms with E-state index >= 15 is 0 Å². The molecular formula is C48H91NO4. The van der Waals surface area contributed by atoms with Gasteiger partial charge in [-0.1, -0.05) is 230 Å². The Morgan fingerprint density at radius 2 is 0.774 bits per heavy atom. The van der Waals surface area contributed by atoms with E-state index in [0.29, 0.717) is 6.42 Å². The molecule has 0 radical (unpaired) electrons. The van der Waals surface area contributed by atoms with Gasteiger partial charge in [-0.25, -0.2) is 0 Å². The number of amides is 1. The quantitative estimate of drug-likeness (QED) is 0.0370. The normalized spacial score (nSPS) is 13.8. The highest BCUT2D eigenvalue weighted by Crippen LogP contribution is 2.16. The Hall–Kier alpha value is -1.43. The van der Waals surface area contributed by atoms with Gasteiger partial charge in [0.2, 0.25) is 5.91 Å². The molecule has 0 aliphatic heterocycles. The second kappa shape index (κ2) is 43.3. The van der Waals surface area contributed by atoms with Gasteiger partial charge in [0.15, 0.2) is 0 Å². The molecule has 4 N–H and O–H groups in total. The summed E-state index contributed by atoms with van der Waals surface area (Å²) in [5.41, 5.74) is 0. The molecule has 0 aliphatic carbocycles. The van der Waals surface area contributed by atoms with E-state index in [-0.39, 0.29) is 6.61 Å². The topological polar surface area (TPSA) is 89.8 Å². The minimum atomic E-state index is -1.11. The maximum atomic E-state index is 12.5. The second-order valence-corrected chi connectivity index (χ2v) is 16.0. The van der Waals surface area contributed by atoms with Crippen molar-refractivity contribution in [2.45, 2.75) is 257 Å². The number of unbranched alkanes of at least 4 members (excludes halogenated alkanes) is 30. The van der Waals surface area contributed by atoms with E-state index in [1.54, 1.807) is 6.08 Å². The molecule has 0 rings (SSSR count). The molecule has 0 spiro atoms. The molecule has 3 unspecified atom stereocenters. The molecule has 0 aromatic rings. The zero-order valence-corrected chi connectivity index (χ0v) is 35.4. The van der Waals surface area contributed by atoms with E-state index in [4.69, 9.17) is 0 Å². The Morgan fingerprint density at radius 3 is 1.15 bits per heavy atom. The van der Waals surface area contributed by atoms with Gasteiger partial charge in [-0.3, -0.25) is 4.79 Å². The zero-order chi connectivity index (χ0) is 38.7. The number of aliphatic hydroxyl groups is 3. The first-order valence-electron chi connectivity index (χ1n) is 23.3. The monoisotopic (exact) mass is 746 g/mol. The lowest BCUT2D eigenvalue weighted by Gasteiger charge is -2.21. The van der Waals surface area contributed by atoms with Crippen molar-refractivity contribution >= 4 is 5.91 Å². The predicted molar refractivity (Wildman–Crippen MR) is 231 cm³/mol. The standard InChI is InChI=1S/C48H91NO4/c1-3-5-7-9-11-13-15-17-19-21-22-23-24-25-26-27-29-31-33-35-37-39-41-43-47(52)48(53)49-45(44-50)46(51)42-40-38-36-34-32-30-28-20-18-16-14-12-10-8-6-4-2/h18,20,32,34,40,42,45-47,50-52H,3-17,19,21-31,33,35-39,41,43-44H2,1-2H3,(H,49,53)/b20-18+,34-32+,42-40+. The molecule has 0 saturated heterocycles. The molecule has 0 aliphatic rings. The minimum Gasteiger partial charge on any atom is -0.394 e. The van der Waals surface area contributed by atoms with E-state index < -0.39 is 24.2 Å². The molecule has 0 saturated carbocycles. The molecule has 0 aromatic carbocycles. The summed E-state index contributed by atoms with van der Waals surface area (Å²) in [5, 5.41) is 33.1. The van der Waals surface area contributed by atoms with E-state index in [1.807, 2.05) is 6.08 Å². The van der Waals surface area contributed by atoms with Crippen LogP contribution in [0.5, 0.6) is 0 Å². The number of allylic oxidation sites excluding steroid dienone is 5. The number of rotatable bonds is 42. The molecule has 0 heterocycles. The largest absolute Gasteiger partial charge is 0.394 e. The van der Waals surface area contributed by atoms with E-state index in [1.165, 1.54) is 173 Å². The fraction of sp³-hybridized carbons (Fsp3) is 0.854. The average molecular weight is 746 g/mol. The van der Waals surface area contributed by atoms with Crippen LogP contribution in [0.2, 0.25) is 0 Å². The fourth-order valence-electron chi connectivity index (χ4n) is 7.04. The van der Waals surface area contributed by atoms with Crippen LogP contribution in [0.1, 0.15) is 239 Å². The number of carbonyl (C=O) groups excluding carboxylic acids is 1. The Labute approximate surface area is 330 Å². The van der Waals surface area contributed by atoms with Crippen molar-refractivity contribution < 1.29 is 20.1 Å². The molecule has 312 valence electrons. The lowest BCUT2D eigenvalue weighted by molar-refractivity contribution is -0.131. The van der Waals surface area contributed by atoms with Crippen LogP contribution in [-0.4, -0.2) is 46.1 Å². The van der Waals surface area contributed by atoms with Crippen LogP contribution in [0, 0.1) is 0 Å². The van der Waals surface area contributed by atoms with Gasteiger partial charge in [0.1, 0.15) is 6.10 Å². The van der Waals surface area contributed by atoms with Crippen molar-refractivity contribution in [2.75, 3.05) is 6.61 Å². The minimum absolute atomic E-state index is 0.379. The van der Waals surface area contributed by atoms with Crippen LogP contribution < -0.4 is 5.32 Å². The molecule has 53 heavy (non-hydrogen) atoms. The van der Waals surface area contributed by atoms with Gasteiger partial charge in [-0.05, 0) is 44.9 Å². The molecular weight excluding hydrogens is 655 g/mol. The summed E-state index contributed by atoms with van der Waals surface area (Å²) < 4.78 is 0. The van der Waals surface area contributed by atoms with Crippen molar-refractivity contribution in [3.63, 3.8) is 0 Å². The van der Waals surface area contributed by atoms with Crippen LogP contribution >= 0.6 is 0 Å². The summed E-state index contributed by atoms with van der Waals surface area (Å²) in [6.07, 6.45) is 54.7. The first kappa shape index (κ1) is 51.6. The highest BCUT2D eigenvalue weighted by Gasteiger charge is 2.22. The molecule has 0 fully saturated rings. The van der Waals surface area contributed by atoms with Crippen LogP contribution in [0.3, 0.4) is 0 Å². The molecule has 5 nitrogen and oxygen atoms in total. The number of hydrogen-bond acceptors (Lipinski definition) is 4. The van der Waals surface area contributed by atoms with E-state index in [0.717, 1.165) is 44.9 Å². The number of hydrogen-bond donors (Lipinski definition) is 4. The SMILES string of the molecule is CCCCCCCC/C=C/CC/C=C/CC/C=C/C(O)C(CO)NC(=O)C(O)CCCCCCCCCCCCCCCCCCCCCCCCC. The third kappa shape index (κ3) is 38.6. The highest BCUT2D eigenvalue weighted by molar-refractivity contribution is 5.80. The number of carbonyl (C=O) groups is 1. The highest BCUT2D eigenvalue weighted by atomic mass is 16.3. The summed E-state index contributed by atoms with van der Waals surface area (Å²) in [6, 6.07) is -0.818. The lowest BCUT2D eigenvalue weighted by atomic mass is 10.0. The molecule has 0 bridgehead atoms. The molecule has 0 aromatic heterocycles. The van der Waals surface area contributed by atoms with Crippen molar-refractivity contribution in [3.8, 4) is 0 Å². The summed E-state index contributed by atoms with van der Waals surface area (Å²) >= 11 is 0. The number of aliphatic hydroxyl groups excluding tert-OH is 3. The van der Waals surface area contributed by atoms with Crippen LogP contribution in [0.15, 0.2) is 36.5 Å². The van der Waals surface area contributed by atoms with Gasteiger partial charge in [0.25, 0.3) is 0 Å². The van der Waals surface area contributed by atoms with Crippen molar-refractivity contribution in [2.24, 2.45) is 0 Å². The predicted octanol–water partition coefficient (Wildman–Crippen LogP) is 13.5. The Bertz CT molecular complexity index is 824. The van der Waals surface area contributed by atoms with Gasteiger partial charge in [0, 0.05) is 0 Å². The van der Waals surface area contributed by atoms with Crippen molar-refractivity contribution in [3.05, 3.63) is 36.5 Å². The maximum absolute atomic E-state index is 12.5. The Balaban J connectivity index is 3.66. The van der Waals surface area contributed by atoms with Gasteiger partial charge >= 0.3 is 0 Å². The van der Waals surface area contributed by atoms with Gasteiger partial charge in [0.05, 0.1) is 18.8 Å². The van der Waals surface area contributed by atoms with E-state index in [2.05, 4.69) is 43.5 Å². The summed E-state index contributed by atoms with van der Waals surface area (Å²) in [7, 11) is 0. The summed E-state index contributed by atoms with van der Waals surface area (Å²) in [6.45, 7) is 4.17. The first-order chi connectivity index (χ1) is 26.1. The maximum Gasteiger partial charge on any atom is 0.249 e. The van der Waals surface area contributed by atoms with Crippen LogP contribution in [0.4, 0.5) is 0 Å². The molecule has 1 amide bonds. The summed E-state index contributed by atoms with van der Waals surface area (Å²) in [4.78, 5) is 12.5. The van der Waals surface area contributed by atoms with Gasteiger partial charge < -0.3 is 20.6 Å². The third-order valence-electron chi connectivity index (χ3n) is 10.7.